The first-order chi connectivity index (χ1) is 6.82. The Labute approximate surface area is 94.6 Å². The van der Waals surface area contributed by atoms with Crippen LogP contribution in [0.4, 0.5) is 0 Å². The summed E-state index contributed by atoms with van der Waals surface area (Å²) in [6.45, 7) is 11.1. The Balaban J connectivity index is 4.15. The molecular formula is C11H25NO2S. The van der Waals surface area contributed by atoms with E-state index in [1.807, 2.05) is 6.92 Å². The minimum absolute atomic E-state index is 0.228. The van der Waals surface area contributed by atoms with E-state index in [0.29, 0.717) is 18.9 Å². The maximum Gasteiger partial charge on any atom is 0.156 e. The molecule has 0 rings (SSSR count). The molecule has 4 heteroatoms. The second-order valence-corrected chi connectivity index (χ2v) is 7.46. The third kappa shape index (κ3) is 4.98. The van der Waals surface area contributed by atoms with Gasteiger partial charge in [-0.1, -0.05) is 20.8 Å². The highest BCUT2D eigenvalue weighted by Crippen LogP contribution is 2.11. The smallest absolute Gasteiger partial charge is 0.156 e. The summed E-state index contributed by atoms with van der Waals surface area (Å²) in [5, 5.41) is 2.68. The Morgan fingerprint density at radius 2 is 1.53 bits per heavy atom. The maximum atomic E-state index is 11.9. The molecule has 0 saturated carbocycles. The van der Waals surface area contributed by atoms with E-state index in [2.05, 4.69) is 19.2 Å². The van der Waals surface area contributed by atoms with Crippen molar-refractivity contribution < 1.29 is 8.42 Å². The molecule has 0 bridgehead atoms. The highest BCUT2D eigenvalue weighted by molar-refractivity contribution is 7.92. The summed E-state index contributed by atoms with van der Waals surface area (Å²) in [4.78, 5) is 0. The lowest BCUT2D eigenvalue weighted by Crippen LogP contribution is -2.37. The third-order valence-electron chi connectivity index (χ3n) is 2.68. The van der Waals surface area contributed by atoms with E-state index >= 15 is 0 Å². The van der Waals surface area contributed by atoms with E-state index in [1.54, 1.807) is 13.8 Å². The predicted octanol–water partition coefficient (Wildman–Crippen LogP) is 1.83. The molecule has 0 amide bonds. The number of rotatable bonds is 7. The molecule has 15 heavy (non-hydrogen) atoms. The average Bonchev–Trinajstić information content (AvgIpc) is 2.15. The van der Waals surface area contributed by atoms with Crippen LogP contribution < -0.4 is 5.32 Å². The molecule has 0 saturated heterocycles. The molecule has 0 aromatic carbocycles. The number of nitrogens with one attached hydrogen (secondary N) is 1. The van der Waals surface area contributed by atoms with Crippen LogP contribution >= 0.6 is 0 Å². The summed E-state index contributed by atoms with van der Waals surface area (Å²) in [5.41, 5.74) is 0. The van der Waals surface area contributed by atoms with Gasteiger partial charge in [-0.05, 0) is 32.7 Å². The van der Waals surface area contributed by atoms with Gasteiger partial charge in [0.25, 0.3) is 0 Å². The van der Waals surface area contributed by atoms with Gasteiger partial charge in [0.2, 0.25) is 0 Å². The Morgan fingerprint density at radius 1 is 1.00 bits per heavy atom. The molecule has 3 nitrogen and oxygen atoms in total. The fraction of sp³-hybridized carbons (Fsp3) is 1.00. The third-order valence-corrected chi connectivity index (χ3v) is 5.42. The molecule has 2 atom stereocenters. The lowest BCUT2D eigenvalue weighted by Gasteiger charge is -2.18. The van der Waals surface area contributed by atoms with Gasteiger partial charge in [-0.2, -0.15) is 0 Å². The van der Waals surface area contributed by atoms with Crippen molar-refractivity contribution in [1.82, 2.24) is 5.32 Å². The van der Waals surface area contributed by atoms with Crippen LogP contribution in [0.3, 0.4) is 0 Å². The zero-order valence-corrected chi connectivity index (χ0v) is 11.4. The van der Waals surface area contributed by atoms with Gasteiger partial charge in [0.05, 0.1) is 10.5 Å². The van der Waals surface area contributed by atoms with Crippen molar-refractivity contribution in [2.45, 2.75) is 51.5 Å². The average molecular weight is 235 g/mol. The fourth-order valence-electron chi connectivity index (χ4n) is 1.32. The van der Waals surface area contributed by atoms with Gasteiger partial charge in [-0.3, -0.25) is 0 Å². The quantitative estimate of drug-likeness (QED) is 0.732. The van der Waals surface area contributed by atoms with Crippen molar-refractivity contribution in [2.75, 3.05) is 13.1 Å². The normalized spacial score (nSPS) is 16.7. The molecule has 2 unspecified atom stereocenters. The lowest BCUT2D eigenvalue weighted by atomic mass is 10.2. The number of hydrogen-bond acceptors (Lipinski definition) is 3. The van der Waals surface area contributed by atoms with Gasteiger partial charge in [-0.25, -0.2) is 8.42 Å². The van der Waals surface area contributed by atoms with Gasteiger partial charge < -0.3 is 5.32 Å². The van der Waals surface area contributed by atoms with E-state index in [1.165, 1.54) is 0 Å². The van der Waals surface area contributed by atoms with Crippen LogP contribution in [-0.2, 0) is 9.84 Å². The van der Waals surface area contributed by atoms with E-state index < -0.39 is 9.84 Å². The van der Waals surface area contributed by atoms with Crippen LogP contribution in [0.25, 0.3) is 0 Å². The van der Waals surface area contributed by atoms with Crippen LogP contribution in [0.15, 0.2) is 0 Å². The Hall–Kier alpha value is -0.0900. The first kappa shape index (κ1) is 14.9. The molecular weight excluding hydrogens is 210 g/mol. The molecule has 1 N–H and O–H groups in total. The SMILES string of the molecule is CCC(C)S(=O)(=O)C(C)CNCC(C)C. The summed E-state index contributed by atoms with van der Waals surface area (Å²) in [6.07, 6.45) is 0.691. The monoisotopic (exact) mass is 235 g/mol. The van der Waals surface area contributed by atoms with Crippen molar-refractivity contribution in [3.63, 3.8) is 0 Å². The largest absolute Gasteiger partial charge is 0.315 e. The standard InChI is InChI=1S/C11H25NO2S/c1-6-10(4)15(13,14)11(5)8-12-7-9(2)3/h9-12H,6-8H2,1-5H3. The van der Waals surface area contributed by atoms with Gasteiger partial charge in [0.1, 0.15) is 0 Å². The first-order valence-electron chi connectivity index (χ1n) is 5.75. The summed E-state index contributed by atoms with van der Waals surface area (Å²) >= 11 is 0. The van der Waals surface area contributed by atoms with Crippen molar-refractivity contribution >= 4 is 9.84 Å². The maximum absolute atomic E-state index is 11.9. The minimum atomic E-state index is -2.95. The fourth-order valence-corrected chi connectivity index (χ4v) is 2.93. The van der Waals surface area contributed by atoms with Gasteiger partial charge in [0, 0.05) is 6.54 Å². The molecule has 0 aliphatic heterocycles. The summed E-state index contributed by atoms with van der Waals surface area (Å²) < 4.78 is 23.8. The Bertz CT molecular complexity index is 260. The van der Waals surface area contributed by atoms with Crippen LogP contribution in [-0.4, -0.2) is 32.0 Å². The zero-order chi connectivity index (χ0) is 12.1. The molecule has 0 radical (unpaired) electrons. The summed E-state index contributed by atoms with van der Waals surface area (Å²) in [6, 6.07) is 0. The van der Waals surface area contributed by atoms with Crippen molar-refractivity contribution in [3.8, 4) is 0 Å². The molecule has 0 aromatic heterocycles. The molecule has 92 valence electrons. The first-order valence-corrected chi connectivity index (χ1v) is 7.36. The molecule has 0 aliphatic carbocycles. The van der Waals surface area contributed by atoms with Crippen LogP contribution in [0.1, 0.15) is 41.0 Å². The van der Waals surface area contributed by atoms with E-state index in [0.717, 1.165) is 6.54 Å². The van der Waals surface area contributed by atoms with Gasteiger partial charge in [-0.15, -0.1) is 0 Å². The minimum Gasteiger partial charge on any atom is -0.315 e. The molecule has 0 fully saturated rings. The summed E-state index contributed by atoms with van der Waals surface area (Å²) in [7, 11) is -2.95. The second-order valence-electron chi connectivity index (χ2n) is 4.67. The van der Waals surface area contributed by atoms with E-state index in [4.69, 9.17) is 0 Å². The molecule has 0 aliphatic rings. The molecule has 0 heterocycles. The topological polar surface area (TPSA) is 46.2 Å². The Morgan fingerprint density at radius 3 is 1.93 bits per heavy atom. The van der Waals surface area contributed by atoms with Gasteiger partial charge >= 0.3 is 0 Å². The van der Waals surface area contributed by atoms with Crippen LogP contribution in [0.5, 0.6) is 0 Å². The number of hydrogen-bond donors (Lipinski definition) is 1. The van der Waals surface area contributed by atoms with E-state index in [-0.39, 0.29) is 10.5 Å². The van der Waals surface area contributed by atoms with Crippen LogP contribution in [0.2, 0.25) is 0 Å². The number of sulfone groups is 1. The second kappa shape index (κ2) is 6.48. The highest BCUT2D eigenvalue weighted by Gasteiger charge is 2.25. The van der Waals surface area contributed by atoms with Gasteiger partial charge in [0.15, 0.2) is 9.84 Å². The van der Waals surface area contributed by atoms with Crippen molar-refractivity contribution in [1.29, 1.82) is 0 Å². The Kier molecular flexibility index (Phi) is 6.44. The van der Waals surface area contributed by atoms with Crippen LogP contribution in [0, 0.1) is 5.92 Å². The molecule has 0 aromatic rings. The summed E-state index contributed by atoms with van der Waals surface area (Å²) in [5.74, 6) is 0.559. The predicted molar refractivity (Wildman–Crippen MR) is 65.8 cm³/mol. The molecule has 0 spiro atoms. The van der Waals surface area contributed by atoms with E-state index in [9.17, 15) is 8.42 Å². The van der Waals surface area contributed by atoms with Crippen molar-refractivity contribution in [2.24, 2.45) is 5.92 Å². The van der Waals surface area contributed by atoms with Crippen molar-refractivity contribution in [3.05, 3.63) is 0 Å². The highest BCUT2D eigenvalue weighted by atomic mass is 32.2. The lowest BCUT2D eigenvalue weighted by molar-refractivity contribution is 0.529. The zero-order valence-electron chi connectivity index (χ0n) is 10.6.